The summed E-state index contributed by atoms with van der Waals surface area (Å²) in [6.45, 7) is 0.0651. The first-order valence-corrected chi connectivity index (χ1v) is 8.05. The van der Waals surface area contributed by atoms with Gasteiger partial charge in [0.15, 0.2) is 6.29 Å². The van der Waals surface area contributed by atoms with Crippen molar-refractivity contribution in [2.24, 2.45) is 0 Å². The van der Waals surface area contributed by atoms with Crippen molar-refractivity contribution in [3.63, 3.8) is 0 Å². The number of hydrogen-bond donors (Lipinski definition) is 8. The van der Waals surface area contributed by atoms with Gasteiger partial charge in [0.05, 0.1) is 19.3 Å². The Kier molecular flexibility index (Phi) is 6.90. The number of hydrogen-bond acceptors (Lipinski definition) is 11. The summed E-state index contributed by atoms with van der Waals surface area (Å²) in [5.74, 6) is -0.769. The van der Waals surface area contributed by atoms with Gasteiger partial charge in [-0.15, -0.1) is 0 Å². The minimum atomic E-state index is -2.61. The first-order chi connectivity index (χ1) is 12.1. The number of carbonyl (C=O) groups excluding carboxylic acids is 1. The van der Waals surface area contributed by atoms with Crippen molar-refractivity contribution in [3.05, 3.63) is 0 Å². The number of amides is 1. The van der Waals surface area contributed by atoms with Crippen LogP contribution in [0.4, 0.5) is 0 Å². The quantitative estimate of drug-likeness (QED) is 0.212. The lowest BCUT2D eigenvalue weighted by atomic mass is 9.93. The Morgan fingerprint density at radius 1 is 1.15 bits per heavy atom. The van der Waals surface area contributed by atoms with Gasteiger partial charge < -0.3 is 55.3 Å². The standard InChI is InChI=1S/C14H25NO11/c1-5(17)15-14(23)12(21)11(20)8(26-13(14)22)4-24-9-2-6(18)10(19)7(3-16)25-9/h6-13,16,18-23H,2-4H2,1H3,(H,15,17). The fraction of sp³-hybridized carbons (Fsp3) is 0.929. The Balaban J connectivity index is 1.96. The molecular weight excluding hydrogens is 358 g/mol. The summed E-state index contributed by atoms with van der Waals surface area (Å²) < 4.78 is 15.6. The van der Waals surface area contributed by atoms with E-state index in [2.05, 4.69) is 0 Å². The predicted octanol–water partition coefficient (Wildman–Crippen LogP) is -4.90. The van der Waals surface area contributed by atoms with Gasteiger partial charge in [-0.2, -0.15) is 0 Å². The first kappa shape index (κ1) is 21.4. The summed E-state index contributed by atoms with van der Waals surface area (Å²) in [4.78, 5) is 11.1. The van der Waals surface area contributed by atoms with Crippen LogP contribution in [-0.4, -0.2) is 110 Å². The molecule has 0 bridgehead atoms. The molecule has 0 aromatic rings. The van der Waals surface area contributed by atoms with E-state index in [1.54, 1.807) is 0 Å². The molecule has 0 aliphatic carbocycles. The van der Waals surface area contributed by atoms with Crippen LogP contribution in [0.3, 0.4) is 0 Å². The summed E-state index contributed by atoms with van der Waals surface area (Å²) in [5.41, 5.74) is -2.61. The maximum atomic E-state index is 11.1. The topological polar surface area (TPSA) is 198 Å². The van der Waals surface area contributed by atoms with E-state index in [-0.39, 0.29) is 6.42 Å². The highest BCUT2D eigenvalue weighted by Crippen LogP contribution is 2.28. The van der Waals surface area contributed by atoms with Gasteiger partial charge in [-0.3, -0.25) is 4.79 Å². The maximum absolute atomic E-state index is 11.1. The van der Waals surface area contributed by atoms with E-state index in [4.69, 9.17) is 19.3 Å². The summed E-state index contributed by atoms with van der Waals surface area (Å²) in [7, 11) is 0. The summed E-state index contributed by atoms with van der Waals surface area (Å²) in [5, 5.41) is 70.5. The van der Waals surface area contributed by atoms with Crippen molar-refractivity contribution in [1.29, 1.82) is 0 Å². The number of aliphatic hydroxyl groups excluding tert-OH is 6. The van der Waals surface area contributed by atoms with Crippen LogP contribution >= 0.6 is 0 Å². The third-order valence-electron chi connectivity index (χ3n) is 4.37. The van der Waals surface area contributed by atoms with E-state index < -0.39 is 74.0 Å². The molecule has 9 unspecified atom stereocenters. The van der Waals surface area contributed by atoms with Gasteiger partial charge in [0.25, 0.3) is 0 Å². The molecule has 2 aliphatic rings. The zero-order chi connectivity index (χ0) is 19.6. The minimum absolute atomic E-state index is 0.124. The average Bonchev–Trinajstić information content (AvgIpc) is 2.57. The van der Waals surface area contributed by atoms with E-state index in [0.717, 1.165) is 6.92 Å². The summed E-state index contributed by atoms with van der Waals surface area (Å²) >= 11 is 0. The first-order valence-electron chi connectivity index (χ1n) is 8.05. The molecule has 0 aromatic carbocycles. The number of aliphatic hydroxyl groups is 7. The molecule has 2 saturated heterocycles. The van der Waals surface area contributed by atoms with E-state index in [1.807, 2.05) is 5.32 Å². The third-order valence-corrected chi connectivity index (χ3v) is 4.37. The molecule has 0 saturated carbocycles. The molecule has 12 heteroatoms. The van der Waals surface area contributed by atoms with Crippen LogP contribution < -0.4 is 5.32 Å². The summed E-state index contributed by atoms with van der Waals surface area (Å²) in [6, 6.07) is 0. The molecular formula is C14H25NO11. The Bertz CT molecular complexity index is 494. The maximum Gasteiger partial charge on any atom is 0.219 e. The number of carbonyl (C=O) groups is 1. The molecule has 2 aliphatic heterocycles. The van der Waals surface area contributed by atoms with Crippen LogP contribution in [0, 0.1) is 0 Å². The van der Waals surface area contributed by atoms with Crippen molar-refractivity contribution < 1.29 is 54.8 Å². The van der Waals surface area contributed by atoms with E-state index in [9.17, 15) is 35.4 Å². The van der Waals surface area contributed by atoms with E-state index >= 15 is 0 Å². The number of rotatable bonds is 5. The average molecular weight is 383 g/mol. The van der Waals surface area contributed by atoms with E-state index in [0.29, 0.717) is 0 Å². The Hall–Kier alpha value is -0.930. The van der Waals surface area contributed by atoms with Gasteiger partial charge in [0.2, 0.25) is 17.9 Å². The predicted molar refractivity (Wildman–Crippen MR) is 80.0 cm³/mol. The van der Waals surface area contributed by atoms with Crippen LogP contribution in [0.1, 0.15) is 13.3 Å². The Morgan fingerprint density at radius 3 is 2.38 bits per heavy atom. The van der Waals surface area contributed by atoms with Crippen molar-refractivity contribution in [1.82, 2.24) is 5.32 Å². The second kappa shape index (κ2) is 8.39. The second-order valence-electron chi connectivity index (χ2n) is 6.38. The minimum Gasteiger partial charge on any atom is -0.394 e. The van der Waals surface area contributed by atoms with Gasteiger partial charge in [0.1, 0.15) is 30.5 Å². The molecule has 0 spiro atoms. The van der Waals surface area contributed by atoms with Crippen LogP contribution in [0.25, 0.3) is 0 Å². The van der Waals surface area contributed by atoms with E-state index in [1.165, 1.54) is 0 Å². The molecule has 2 fully saturated rings. The smallest absolute Gasteiger partial charge is 0.219 e. The molecule has 1 amide bonds. The van der Waals surface area contributed by atoms with Gasteiger partial charge in [-0.1, -0.05) is 0 Å². The van der Waals surface area contributed by atoms with Crippen LogP contribution in [0.2, 0.25) is 0 Å². The Labute approximate surface area is 148 Å². The van der Waals surface area contributed by atoms with Crippen LogP contribution in [-0.2, 0) is 19.0 Å². The fourth-order valence-electron chi connectivity index (χ4n) is 2.89. The largest absolute Gasteiger partial charge is 0.394 e. The molecule has 12 nitrogen and oxygen atoms in total. The van der Waals surface area contributed by atoms with Gasteiger partial charge in [-0.05, 0) is 0 Å². The zero-order valence-electron chi connectivity index (χ0n) is 14.0. The van der Waals surface area contributed by atoms with Gasteiger partial charge in [0, 0.05) is 13.3 Å². The Morgan fingerprint density at radius 2 is 1.81 bits per heavy atom. The lowest BCUT2D eigenvalue weighted by Gasteiger charge is -2.46. The molecule has 2 rings (SSSR count). The van der Waals surface area contributed by atoms with Crippen molar-refractivity contribution in [2.75, 3.05) is 13.2 Å². The molecule has 0 aromatic heterocycles. The highest BCUT2D eigenvalue weighted by molar-refractivity contribution is 5.73. The molecule has 26 heavy (non-hydrogen) atoms. The zero-order valence-corrected chi connectivity index (χ0v) is 14.0. The molecule has 152 valence electrons. The fourth-order valence-corrected chi connectivity index (χ4v) is 2.89. The SMILES string of the molecule is CC(=O)NC1(O)C(O)OC(COC2CC(O)C(O)C(CO)O2)C(O)C1O. The lowest BCUT2D eigenvalue weighted by molar-refractivity contribution is -0.344. The van der Waals surface area contributed by atoms with Crippen LogP contribution in [0.5, 0.6) is 0 Å². The molecule has 8 N–H and O–H groups in total. The third kappa shape index (κ3) is 4.31. The van der Waals surface area contributed by atoms with Gasteiger partial charge >= 0.3 is 0 Å². The normalized spacial score (nSPS) is 46.8. The number of nitrogens with one attached hydrogen (secondary N) is 1. The van der Waals surface area contributed by atoms with Crippen molar-refractivity contribution in [3.8, 4) is 0 Å². The second-order valence-corrected chi connectivity index (χ2v) is 6.38. The molecule has 0 radical (unpaired) electrons. The monoisotopic (exact) mass is 383 g/mol. The van der Waals surface area contributed by atoms with Gasteiger partial charge in [-0.25, -0.2) is 0 Å². The molecule has 2 heterocycles. The van der Waals surface area contributed by atoms with Crippen molar-refractivity contribution in [2.45, 2.75) is 68.3 Å². The highest BCUT2D eigenvalue weighted by Gasteiger charge is 2.55. The summed E-state index contributed by atoms with van der Waals surface area (Å²) in [6.07, 6.45) is -11.8. The molecule has 9 atom stereocenters. The van der Waals surface area contributed by atoms with Crippen molar-refractivity contribution >= 4 is 5.91 Å². The van der Waals surface area contributed by atoms with Crippen LogP contribution in [0.15, 0.2) is 0 Å². The number of ether oxygens (including phenoxy) is 3. The lowest BCUT2D eigenvalue weighted by Crippen LogP contribution is -2.73. The highest BCUT2D eigenvalue weighted by atomic mass is 16.7.